The van der Waals surface area contributed by atoms with E-state index in [4.69, 9.17) is 14.9 Å². The van der Waals surface area contributed by atoms with Crippen molar-refractivity contribution < 1.29 is 38.8 Å². The number of benzene rings is 2. The minimum atomic E-state index is -0.546. The fourth-order valence-corrected chi connectivity index (χ4v) is 1.94. The second-order valence-electron chi connectivity index (χ2n) is 5.70. The number of carbonyl (C=O) groups is 3. The van der Waals surface area contributed by atoms with Crippen LogP contribution in [0, 0.1) is 0 Å². The van der Waals surface area contributed by atoms with Crippen LogP contribution in [0.3, 0.4) is 0 Å². The zero-order valence-electron chi connectivity index (χ0n) is 16.3. The lowest BCUT2D eigenvalue weighted by molar-refractivity contribution is 0.100. The Bertz CT molecular complexity index is 773. The van der Waals surface area contributed by atoms with Crippen LogP contribution in [0.4, 0.5) is 4.79 Å². The molecular weight excluding hydrogens is 380 g/mol. The Labute approximate surface area is 168 Å². The van der Waals surface area contributed by atoms with Crippen LogP contribution in [0.15, 0.2) is 48.5 Å². The molecule has 29 heavy (non-hydrogen) atoms. The summed E-state index contributed by atoms with van der Waals surface area (Å²) in [6.45, 7) is 4.11. The molecule has 0 atom stereocenters. The van der Waals surface area contributed by atoms with Gasteiger partial charge in [-0.15, -0.1) is 0 Å². The Morgan fingerprint density at radius 1 is 0.897 bits per heavy atom. The maximum Gasteiger partial charge on any atom is 0.508 e. The average Bonchev–Trinajstić information content (AvgIpc) is 3.19. The Morgan fingerprint density at radius 2 is 1.34 bits per heavy atom. The van der Waals surface area contributed by atoms with E-state index in [1.807, 2.05) is 0 Å². The Balaban J connectivity index is 0.000000232. The van der Waals surface area contributed by atoms with E-state index >= 15 is 0 Å². The third kappa shape index (κ3) is 9.92. The molecule has 0 unspecified atom stereocenters. The molecule has 156 valence electrons. The quantitative estimate of drug-likeness (QED) is 0.576. The number of aromatic hydroxyl groups is 1. The van der Waals surface area contributed by atoms with Crippen molar-refractivity contribution >= 4 is 17.7 Å². The van der Waals surface area contributed by atoms with Gasteiger partial charge in [-0.05, 0) is 62.4 Å². The lowest BCUT2D eigenvalue weighted by Crippen LogP contribution is -2.01. The van der Waals surface area contributed by atoms with E-state index in [1.165, 1.54) is 26.0 Å². The molecule has 0 amide bonds. The summed E-state index contributed by atoms with van der Waals surface area (Å²) in [5.41, 5.74) is 1.29. The first-order valence-corrected chi connectivity index (χ1v) is 8.77. The lowest BCUT2D eigenvalue weighted by Gasteiger charge is -2.03. The molecule has 8 heteroatoms. The molecular formula is C21H24O8. The number of rotatable bonds is 5. The van der Waals surface area contributed by atoms with Crippen LogP contribution in [0.5, 0.6) is 11.5 Å². The zero-order valence-corrected chi connectivity index (χ0v) is 16.3. The SMILES string of the molecule is CC(=O)c1ccc(O)cc1.CC(=O)c1ccc(OCCO)cc1.O=C1OCCO1. The van der Waals surface area contributed by atoms with Crippen LogP contribution >= 0.6 is 0 Å². The van der Waals surface area contributed by atoms with Gasteiger partial charge < -0.3 is 24.4 Å². The Morgan fingerprint density at radius 3 is 1.69 bits per heavy atom. The molecule has 1 saturated heterocycles. The van der Waals surface area contributed by atoms with E-state index in [0.29, 0.717) is 30.1 Å². The molecule has 1 aliphatic rings. The van der Waals surface area contributed by atoms with Gasteiger partial charge in [0.2, 0.25) is 0 Å². The van der Waals surface area contributed by atoms with E-state index in [2.05, 4.69) is 9.47 Å². The van der Waals surface area contributed by atoms with Gasteiger partial charge in [0.1, 0.15) is 31.3 Å². The summed E-state index contributed by atoms with van der Waals surface area (Å²) in [6, 6.07) is 13.0. The molecule has 0 bridgehead atoms. The summed E-state index contributed by atoms with van der Waals surface area (Å²) in [4.78, 5) is 31.4. The minimum Gasteiger partial charge on any atom is -0.508 e. The third-order valence-electron chi connectivity index (χ3n) is 3.42. The molecule has 2 aromatic rings. The van der Waals surface area contributed by atoms with E-state index in [1.54, 1.807) is 36.4 Å². The normalized spacial score (nSPS) is 11.6. The second kappa shape index (κ2) is 12.9. The monoisotopic (exact) mass is 404 g/mol. The molecule has 1 aliphatic heterocycles. The number of ketones is 2. The zero-order chi connectivity index (χ0) is 21.6. The van der Waals surface area contributed by atoms with Crippen molar-refractivity contribution in [2.75, 3.05) is 26.4 Å². The molecule has 8 nitrogen and oxygen atoms in total. The van der Waals surface area contributed by atoms with Gasteiger partial charge in [-0.3, -0.25) is 9.59 Å². The van der Waals surface area contributed by atoms with Crippen molar-refractivity contribution in [3.05, 3.63) is 59.7 Å². The molecule has 3 rings (SSSR count). The van der Waals surface area contributed by atoms with Crippen LogP contribution in [0.2, 0.25) is 0 Å². The molecule has 0 radical (unpaired) electrons. The predicted molar refractivity (Wildman–Crippen MR) is 104 cm³/mol. The minimum absolute atomic E-state index is 0.00550. The highest BCUT2D eigenvalue weighted by Crippen LogP contribution is 2.12. The highest BCUT2D eigenvalue weighted by atomic mass is 16.8. The number of carbonyl (C=O) groups excluding carboxylic acids is 3. The number of aliphatic hydroxyl groups excluding tert-OH is 1. The van der Waals surface area contributed by atoms with Crippen molar-refractivity contribution in [1.82, 2.24) is 0 Å². The standard InChI is InChI=1S/C10H12O3.C8H8O2.C3H4O3/c1-8(12)9-2-4-10(5-3-9)13-7-6-11;1-6(9)7-2-4-8(10)5-3-7;4-3-5-1-2-6-3/h2-5,11H,6-7H2,1H3;2-5,10H,1H3;1-2H2. The van der Waals surface area contributed by atoms with Crippen LogP contribution in [0.25, 0.3) is 0 Å². The van der Waals surface area contributed by atoms with E-state index in [0.717, 1.165) is 0 Å². The predicted octanol–water partition coefficient (Wildman–Crippen LogP) is 3.01. The first-order chi connectivity index (χ1) is 13.8. The molecule has 1 fully saturated rings. The van der Waals surface area contributed by atoms with Gasteiger partial charge in [-0.1, -0.05) is 0 Å². The number of aliphatic hydroxyl groups is 1. The summed E-state index contributed by atoms with van der Waals surface area (Å²) in [6.07, 6.45) is -0.546. The number of phenols is 1. The summed E-state index contributed by atoms with van der Waals surface area (Å²) in [7, 11) is 0. The first kappa shape index (κ1) is 23.6. The van der Waals surface area contributed by atoms with Crippen LogP contribution in [-0.2, 0) is 9.47 Å². The lowest BCUT2D eigenvalue weighted by atomic mass is 10.1. The van der Waals surface area contributed by atoms with Crippen LogP contribution in [0.1, 0.15) is 34.6 Å². The second-order valence-corrected chi connectivity index (χ2v) is 5.70. The number of ether oxygens (including phenoxy) is 3. The van der Waals surface area contributed by atoms with Crippen molar-refractivity contribution in [3.63, 3.8) is 0 Å². The number of Topliss-reactive ketones (excluding diaryl/α,β-unsaturated/α-hetero) is 2. The molecule has 0 saturated carbocycles. The largest absolute Gasteiger partial charge is 0.508 e. The van der Waals surface area contributed by atoms with Crippen molar-refractivity contribution in [1.29, 1.82) is 0 Å². The summed E-state index contributed by atoms with van der Waals surface area (Å²) in [5.74, 6) is 0.901. The number of hydrogen-bond donors (Lipinski definition) is 2. The van der Waals surface area contributed by atoms with Gasteiger partial charge in [0.05, 0.1) is 6.61 Å². The summed E-state index contributed by atoms with van der Waals surface area (Å²) >= 11 is 0. The Hall–Kier alpha value is -3.39. The van der Waals surface area contributed by atoms with Crippen LogP contribution in [-0.4, -0.2) is 54.4 Å². The van der Waals surface area contributed by atoms with Gasteiger partial charge >= 0.3 is 6.16 Å². The van der Waals surface area contributed by atoms with Gasteiger partial charge in [0.25, 0.3) is 0 Å². The smallest absolute Gasteiger partial charge is 0.508 e. The van der Waals surface area contributed by atoms with E-state index in [-0.39, 0.29) is 30.5 Å². The van der Waals surface area contributed by atoms with Crippen molar-refractivity contribution in [3.8, 4) is 11.5 Å². The first-order valence-electron chi connectivity index (χ1n) is 8.77. The molecule has 0 aliphatic carbocycles. The summed E-state index contributed by atoms with van der Waals surface area (Å²) in [5, 5.41) is 17.3. The maximum absolute atomic E-state index is 10.9. The maximum atomic E-state index is 10.9. The summed E-state index contributed by atoms with van der Waals surface area (Å²) < 4.78 is 13.7. The van der Waals surface area contributed by atoms with Gasteiger partial charge in [0.15, 0.2) is 11.6 Å². The molecule has 1 heterocycles. The van der Waals surface area contributed by atoms with Gasteiger partial charge in [-0.2, -0.15) is 0 Å². The van der Waals surface area contributed by atoms with Crippen molar-refractivity contribution in [2.24, 2.45) is 0 Å². The average molecular weight is 404 g/mol. The Kier molecular flexibility index (Phi) is 10.5. The van der Waals surface area contributed by atoms with Crippen LogP contribution < -0.4 is 4.74 Å². The fourth-order valence-electron chi connectivity index (χ4n) is 1.94. The molecule has 2 N–H and O–H groups in total. The fraction of sp³-hybridized carbons (Fsp3) is 0.286. The van der Waals surface area contributed by atoms with Gasteiger partial charge in [-0.25, -0.2) is 4.79 Å². The highest BCUT2D eigenvalue weighted by Gasteiger charge is 2.09. The van der Waals surface area contributed by atoms with E-state index in [9.17, 15) is 14.4 Å². The number of cyclic esters (lactones) is 2. The van der Waals surface area contributed by atoms with E-state index < -0.39 is 6.16 Å². The molecule has 0 aromatic heterocycles. The molecule has 0 spiro atoms. The van der Waals surface area contributed by atoms with Gasteiger partial charge in [0, 0.05) is 11.1 Å². The third-order valence-corrected chi connectivity index (χ3v) is 3.42. The molecule has 2 aromatic carbocycles. The number of phenolic OH excluding ortho intramolecular Hbond substituents is 1. The number of hydrogen-bond acceptors (Lipinski definition) is 8. The topological polar surface area (TPSA) is 119 Å². The van der Waals surface area contributed by atoms with Crippen molar-refractivity contribution in [2.45, 2.75) is 13.8 Å². The highest BCUT2D eigenvalue weighted by molar-refractivity contribution is 5.94.